The first kappa shape index (κ1) is 51.1. The van der Waals surface area contributed by atoms with E-state index in [-0.39, 0.29) is 12.2 Å². The molecule has 2 aromatic carbocycles. The molecule has 2 atom stereocenters. The molecule has 2 aliphatic rings. The number of hydrogen-bond donors (Lipinski definition) is 0. The number of unbranched alkanes of at least 4 members (excludes halogenated alkanes) is 14. The summed E-state index contributed by atoms with van der Waals surface area (Å²) in [5, 5.41) is 0. The minimum atomic E-state index is 0.0847. The molecule has 3 nitrogen and oxygen atoms in total. The van der Waals surface area contributed by atoms with Crippen LogP contribution in [0.5, 0.6) is 0 Å². The van der Waals surface area contributed by atoms with Crippen LogP contribution in [0.3, 0.4) is 0 Å². The van der Waals surface area contributed by atoms with Gasteiger partial charge in [0.25, 0.3) is 0 Å². The third-order valence-corrected chi connectivity index (χ3v) is 15.7. The van der Waals surface area contributed by atoms with E-state index in [2.05, 4.69) is 113 Å². The van der Waals surface area contributed by atoms with Crippen LogP contribution < -0.4 is 0 Å². The highest BCUT2D eigenvalue weighted by molar-refractivity contribution is 5.60. The van der Waals surface area contributed by atoms with Gasteiger partial charge in [0, 0.05) is 23.5 Å². The van der Waals surface area contributed by atoms with Crippen molar-refractivity contribution in [2.45, 2.75) is 233 Å². The number of rotatable bonds is 30. The van der Waals surface area contributed by atoms with Crippen LogP contribution in [0, 0.1) is 23.7 Å². The van der Waals surface area contributed by atoms with Gasteiger partial charge in [0.15, 0.2) is 0 Å². The van der Waals surface area contributed by atoms with Crippen LogP contribution in [0.4, 0.5) is 0 Å². The predicted octanol–water partition coefficient (Wildman–Crippen LogP) is 19.2. The molecule has 2 aliphatic carbocycles. The molecule has 0 N–H and O–H groups in total. The summed E-state index contributed by atoms with van der Waals surface area (Å²) in [6.45, 7) is 9.27. The van der Waals surface area contributed by atoms with E-state index in [1.54, 1.807) is 0 Å². The summed E-state index contributed by atoms with van der Waals surface area (Å²) in [6, 6.07) is 28.0. The van der Waals surface area contributed by atoms with E-state index < -0.39 is 0 Å². The second-order valence-electron chi connectivity index (χ2n) is 20.9. The van der Waals surface area contributed by atoms with Crippen LogP contribution >= 0.6 is 0 Å². The summed E-state index contributed by atoms with van der Waals surface area (Å²) in [5.74, 6) is 2.82. The predicted molar refractivity (Wildman–Crippen MR) is 279 cm³/mol. The van der Waals surface area contributed by atoms with Gasteiger partial charge >= 0.3 is 0 Å². The van der Waals surface area contributed by atoms with E-state index >= 15 is 0 Å². The van der Waals surface area contributed by atoms with Crippen molar-refractivity contribution in [1.29, 1.82) is 0 Å². The molecular formula is C62H92N2O. The van der Waals surface area contributed by atoms with E-state index in [9.17, 15) is 0 Å². The fourth-order valence-electron chi connectivity index (χ4n) is 11.4. The second kappa shape index (κ2) is 29.5. The van der Waals surface area contributed by atoms with Gasteiger partial charge in [0.05, 0.1) is 23.6 Å². The van der Waals surface area contributed by atoms with Crippen LogP contribution in [0.15, 0.2) is 85.2 Å². The molecular weight excluding hydrogens is 789 g/mol. The van der Waals surface area contributed by atoms with Crippen molar-refractivity contribution < 1.29 is 4.74 Å². The van der Waals surface area contributed by atoms with Crippen LogP contribution in [-0.4, -0.2) is 9.97 Å². The Kier molecular flexibility index (Phi) is 23.2. The lowest BCUT2D eigenvalue weighted by Gasteiger charge is -2.40. The zero-order valence-electron chi connectivity index (χ0n) is 42.1. The highest BCUT2D eigenvalue weighted by atomic mass is 16.5. The third kappa shape index (κ3) is 17.1. The molecule has 2 unspecified atom stereocenters. The molecule has 356 valence electrons. The van der Waals surface area contributed by atoms with Gasteiger partial charge in [0.1, 0.15) is 0 Å². The summed E-state index contributed by atoms with van der Waals surface area (Å²) in [7, 11) is 0. The van der Waals surface area contributed by atoms with Crippen molar-refractivity contribution in [3.8, 4) is 22.5 Å². The molecule has 0 aliphatic heterocycles. The maximum absolute atomic E-state index is 7.77. The van der Waals surface area contributed by atoms with Gasteiger partial charge in [-0.15, -0.1) is 0 Å². The molecule has 0 spiro atoms. The summed E-state index contributed by atoms with van der Waals surface area (Å²) in [6.07, 6.45) is 44.0. The fourth-order valence-corrected chi connectivity index (χ4v) is 11.4. The summed E-state index contributed by atoms with van der Waals surface area (Å²) >= 11 is 0. The van der Waals surface area contributed by atoms with E-state index in [4.69, 9.17) is 14.7 Å². The molecule has 2 saturated carbocycles. The smallest absolute Gasteiger partial charge is 0.0861 e. The number of ether oxygens (including phenoxy) is 1. The highest BCUT2D eigenvalue weighted by Crippen LogP contribution is 2.47. The minimum Gasteiger partial charge on any atom is -0.365 e. The lowest BCUT2D eigenvalue weighted by atomic mass is 9.74. The quantitative estimate of drug-likeness (QED) is 0.0490. The molecule has 0 saturated heterocycles. The van der Waals surface area contributed by atoms with Gasteiger partial charge in [0.2, 0.25) is 0 Å². The Morgan fingerprint density at radius 3 is 1.09 bits per heavy atom. The Morgan fingerprint density at radius 1 is 0.400 bits per heavy atom. The Morgan fingerprint density at radius 2 is 0.754 bits per heavy atom. The van der Waals surface area contributed by atoms with Crippen molar-refractivity contribution in [2.75, 3.05) is 0 Å². The molecule has 2 aromatic heterocycles. The lowest BCUT2D eigenvalue weighted by Crippen LogP contribution is -2.28. The average Bonchev–Trinajstić information content (AvgIpc) is 3.36. The Bertz CT molecular complexity index is 1660. The van der Waals surface area contributed by atoms with Crippen molar-refractivity contribution in [1.82, 2.24) is 9.97 Å². The number of nitrogens with zero attached hydrogens (tertiary/aromatic N) is 2. The Hall–Kier alpha value is -3.30. The van der Waals surface area contributed by atoms with Crippen LogP contribution in [0.25, 0.3) is 22.5 Å². The largest absolute Gasteiger partial charge is 0.365 e. The van der Waals surface area contributed by atoms with Gasteiger partial charge in [-0.25, -0.2) is 0 Å². The topological polar surface area (TPSA) is 35.0 Å². The standard InChI is InChI=1S/C62H92N2O/c1-5-9-13-15-17-19-21-25-51-31-45-59(63-47-51)53-37-41-57(42-38-53)61(55-33-27-49(28-34-55)23-11-7-3)65-62(56-35-29-50(30-36-56)24-12-8-4)58-43-39-54(40-44-58)60-46-32-52(48-64-60)26-22-20-18-16-14-10-6-2/h31-32,37-50,55-56,61-62H,5-30,33-36H2,1-4H3. The van der Waals surface area contributed by atoms with Gasteiger partial charge in [-0.3, -0.25) is 9.97 Å². The SMILES string of the molecule is CCCCCCCCCc1ccc(-c2ccc(C(OC(c3ccc(-c4ccc(CCCCCCCCC)cn4)cc3)C3CCC(CCCC)CC3)C3CCC(CCCC)CC3)cc2)nc1. The molecule has 65 heavy (non-hydrogen) atoms. The highest BCUT2D eigenvalue weighted by Gasteiger charge is 2.36. The van der Waals surface area contributed by atoms with Gasteiger partial charge in [-0.1, -0.05) is 230 Å². The van der Waals surface area contributed by atoms with Gasteiger partial charge in [-0.2, -0.15) is 0 Å². The molecule has 4 aromatic rings. The molecule has 0 radical (unpaired) electrons. The fraction of sp³-hybridized carbons (Fsp3) is 0.645. The first-order chi connectivity index (χ1) is 32.1. The number of hydrogen-bond acceptors (Lipinski definition) is 3. The first-order valence-electron chi connectivity index (χ1n) is 27.8. The Balaban J connectivity index is 1.17. The van der Waals surface area contributed by atoms with E-state index in [1.807, 2.05) is 0 Å². The number of aromatic nitrogens is 2. The molecule has 2 fully saturated rings. The maximum atomic E-state index is 7.77. The van der Waals surface area contributed by atoms with Gasteiger partial charge < -0.3 is 4.74 Å². The van der Waals surface area contributed by atoms with E-state index in [0.29, 0.717) is 11.8 Å². The van der Waals surface area contributed by atoms with Crippen LogP contribution in [0.1, 0.15) is 242 Å². The minimum absolute atomic E-state index is 0.0847. The normalized spacial score (nSPS) is 19.9. The summed E-state index contributed by atoms with van der Waals surface area (Å²) < 4.78 is 7.77. The molecule has 0 amide bonds. The molecule has 3 heteroatoms. The third-order valence-electron chi connectivity index (χ3n) is 15.7. The monoisotopic (exact) mass is 881 g/mol. The van der Waals surface area contributed by atoms with Crippen molar-refractivity contribution in [3.63, 3.8) is 0 Å². The zero-order valence-corrected chi connectivity index (χ0v) is 42.1. The van der Waals surface area contributed by atoms with Gasteiger partial charge in [-0.05, 0) is 109 Å². The molecule has 6 rings (SSSR count). The summed E-state index contributed by atoms with van der Waals surface area (Å²) in [5.41, 5.74) is 9.98. The second-order valence-corrected chi connectivity index (χ2v) is 20.9. The number of pyridine rings is 2. The van der Waals surface area contributed by atoms with Crippen molar-refractivity contribution in [3.05, 3.63) is 107 Å². The molecule has 0 bridgehead atoms. The number of aryl methyl sites for hydroxylation is 2. The first-order valence-corrected chi connectivity index (χ1v) is 27.8. The zero-order chi connectivity index (χ0) is 45.3. The van der Waals surface area contributed by atoms with Crippen LogP contribution in [0.2, 0.25) is 0 Å². The van der Waals surface area contributed by atoms with E-state index in [0.717, 1.165) is 36.1 Å². The Labute approximate surface area is 399 Å². The number of benzene rings is 2. The summed E-state index contributed by atoms with van der Waals surface area (Å²) in [4.78, 5) is 9.96. The average molecular weight is 881 g/mol. The van der Waals surface area contributed by atoms with Crippen molar-refractivity contribution in [2.24, 2.45) is 23.7 Å². The lowest BCUT2D eigenvalue weighted by molar-refractivity contribution is -0.0907. The molecule has 2 heterocycles. The van der Waals surface area contributed by atoms with E-state index in [1.165, 1.54) is 213 Å². The van der Waals surface area contributed by atoms with Crippen LogP contribution in [-0.2, 0) is 17.6 Å². The maximum Gasteiger partial charge on any atom is 0.0861 e. The van der Waals surface area contributed by atoms with Crippen molar-refractivity contribution >= 4 is 0 Å².